The molecule has 0 bridgehead atoms. The van der Waals surface area contributed by atoms with Gasteiger partial charge < -0.3 is 4.79 Å². The fraction of sp³-hybridized carbons (Fsp3) is 0.700. The Morgan fingerprint density at radius 1 is 1.33 bits per heavy atom. The maximum atomic E-state index is 11.8. The predicted molar refractivity (Wildman–Crippen MR) is 60.2 cm³/mol. The molecule has 1 heterocycles. The van der Waals surface area contributed by atoms with Crippen molar-refractivity contribution in [3.8, 4) is 0 Å². The van der Waals surface area contributed by atoms with Crippen LogP contribution in [0.25, 0.3) is 0 Å². The van der Waals surface area contributed by atoms with Crippen LogP contribution in [0.1, 0.15) is 32.6 Å². The van der Waals surface area contributed by atoms with Crippen LogP contribution >= 0.6 is 22.9 Å². The van der Waals surface area contributed by atoms with Crippen LogP contribution in [0, 0.1) is 17.8 Å². The molecule has 2 aliphatic rings. The fourth-order valence-corrected chi connectivity index (χ4v) is 3.24. The van der Waals surface area contributed by atoms with Crippen LogP contribution in [0.5, 0.6) is 0 Å². The van der Waals surface area contributed by atoms with Gasteiger partial charge in [-0.1, -0.05) is 19.3 Å². The van der Waals surface area contributed by atoms with Crippen molar-refractivity contribution in [2.75, 3.05) is 0 Å². The molecule has 1 radical (unpaired) electrons. The first-order valence-electron chi connectivity index (χ1n) is 5.00. The molecule has 15 heavy (non-hydrogen) atoms. The van der Waals surface area contributed by atoms with Gasteiger partial charge in [0.2, 0.25) is 5.91 Å². The third-order valence-corrected chi connectivity index (χ3v) is 4.26. The summed E-state index contributed by atoms with van der Waals surface area (Å²) in [6.45, 7) is 1.88. The van der Waals surface area contributed by atoms with E-state index in [4.69, 9.17) is 0 Å². The van der Waals surface area contributed by atoms with Crippen LogP contribution < -0.4 is 0 Å². The van der Waals surface area contributed by atoms with Crippen LogP contribution in [0.2, 0.25) is 0 Å². The molecule has 3 nitrogen and oxygen atoms in total. The molecule has 0 N–H and O–H groups in total. The van der Waals surface area contributed by atoms with Crippen molar-refractivity contribution in [2.45, 2.75) is 32.6 Å². The topological polar surface area (TPSA) is 37.4 Å². The van der Waals surface area contributed by atoms with E-state index in [1.54, 1.807) is 0 Å². The molecule has 5 heteroatoms. The molecule has 1 aliphatic heterocycles. The number of rotatable bonds is 0. The van der Waals surface area contributed by atoms with Gasteiger partial charge in [0.05, 0.1) is 22.9 Å². The number of halogens is 1. The number of fused-ring (bicyclic) bond motifs is 1. The van der Waals surface area contributed by atoms with Crippen LogP contribution in [0.15, 0.2) is 0 Å². The molecular formula is C10H13INO2Rh-. The Hall–Kier alpha value is 0.363. The first-order valence-corrected chi connectivity index (χ1v) is 5.97. The van der Waals surface area contributed by atoms with E-state index in [1.165, 1.54) is 3.11 Å². The number of piperidine rings is 1. The number of nitrogens with zero attached hydrogens (tertiary/aromatic N) is 1. The van der Waals surface area contributed by atoms with E-state index >= 15 is 0 Å². The summed E-state index contributed by atoms with van der Waals surface area (Å²) >= 11 is 1.83. The Kier molecular flexibility index (Phi) is 4.59. The molecule has 0 aromatic carbocycles. The van der Waals surface area contributed by atoms with Gasteiger partial charge >= 0.3 is 0 Å². The number of hydrogen-bond acceptors (Lipinski definition) is 2. The van der Waals surface area contributed by atoms with Crippen molar-refractivity contribution >= 4 is 34.7 Å². The minimum absolute atomic E-state index is 0. The van der Waals surface area contributed by atoms with Crippen molar-refractivity contribution in [2.24, 2.45) is 11.8 Å². The van der Waals surface area contributed by atoms with E-state index in [2.05, 4.69) is 0 Å². The van der Waals surface area contributed by atoms with E-state index in [1.807, 2.05) is 29.8 Å². The van der Waals surface area contributed by atoms with Gasteiger partial charge in [-0.25, -0.2) is 3.11 Å². The van der Waals surface area contributed by atoms with Gasteiger partial charge in [0.25, 0.3) is 0 Å². The molecule has 2 unspecified atom stereocenters. The second-order valence-corrected chi connectivity index (χ2v) is 5.07. The van der Waals surface area contributed by atoms with Crippen LogP contribution in [0.4, 0.5) is 0 Å². The fourth-order valence-electron chi connectivity index (χ4n) is 2.50. The quantitative estimate of drug-likeness (QED) is 0.202. The van der Waals surface area contributed by atoms with Gasteiger partial charge in [0.1, 0.15) is 5.91 Å². The second kappa shape index (κ2) is 5.13. The number of carbonyl (C=O) groups excluding carboxylic acids is 2. The maximum Gasteiger partial charge on any atom is 0.237 e. The van der Waals surface area contributed by atoms with Crippen molar-refractivity contribution in [1.29, 1.82) is 0 Å². The second-order valence-electron chi connectivity index (χ2n) is 4.10. The standard InChI is InChI=1S/C10H13INO2.Rh/c1-6-7-4-2-3-5-8(7)10(14)12(11)9(6)13;/h7-8H,2-5H2,1H3;/q-1;. The summed E-state index contributed by atoms with van der Waals surface area (Å²) in [5.41, 5.74) is 0. The van der Waals surface area contributed by atoms with E-state index in [0.717, 1.165) is 31.6 Å². The maximum absolute atomic E-state index is 11.8. The summed E-state index contributed by atoms with van der Waals surface area (Å²) < 4.78 is 1.26. The Labute approximate surface area is 117 Å². The van der Waals surface area contributed by atoms with E-state index < -0.39 is 0 Å². The summed E-state index contributed by atoms with van der Waals surface area (Å²) in [5.74, 6) is 1.13. The summed E-state index contributed by atoms with van der Waals surface area (Å²) in [4.78, 5) is 23.5. The normalized spacial score (nSPS) is 31.1. The van der Waals surface area contributed by atoms with Crippen LogP contribution in [-0.2, 0) is 29.1 Å². The van der Waals surface area contributed by atoms with Crippen LogP contribution in [-0.4, -0.2) is 14.9 Å². The molecule has 1 aliphatic carbocycles. The van der Waals surface area contributed by atoms with Gasteiger partial charge in [-0.2, -0.15) is 6.92 Å². The van der Waals surface area contributed by atoms with Gasteiger partial charge in [-0.15, -0.1) is 5.92 Å². The summed E-state index contributed by atoms with van der Waals surface area (Å²) in [6, 6.07) is 0. The third-order valence-electron chi connectivity index (χ3n) is 3.35. The summed E-state index contributed by atoms with van der Waals surface area (Å²) in [6.07, 6.45) is 4.24. The summed E-state index contributed by atoms with van der Waals surface area (Å²) in [7, 11) is 0. The van der Waals surface area contributed by atoms with Crippen molar-refractivity contribution in [3.05, 3.63) is 5.92 Å². The smallest absolute Gasteiger partial charge is 0.237 e. The Balaban J connectivity index is 0.00000112. The Morgan fingerprint density at radius 3 is 2.60 bits per heavy atom. The minimum atomic E-state index is -0.0845. The third kappa shape index (κ3) is 2.23. The van der Waals surface area contributed by atoms with E-state index in [9.17, 15) is 9.59 Å². The molecule has 0 spiro atoms. The van der Waals surface area contributed by atoms with Gasteiger partial charge in [-0.05, 0) is 6.42 Å². The number of amides is 2. The predicted octanol–water partition coefficient (Wildman–Crippen LogP) is 2.10. The van der Waals surface area contributed by atoms with Crippen molar-refractivity contribution in [1.82, 2.24) is 3.11 Å². The van der Waals surface area contributed by atoms with Crippen molar-refractivity contribution in [3.63, 3.8) is 0 Å². The summed E-state index contributed by atoms with van der Waals surface area (Å²) in [5, 5.41) is 0. The average Bonchev–Trinajstić information content (AvgIpc) is 2.23. The molecule has 0 aromatic heterocycles. The molecule has 2 fully saturated rings. The zero-order valence-electron chi connectivity index (χ0n) is 8.46. The Morgan fingerprint density at radius 2 is 1.93 bits per heavy atom. The first kappa shape index (κ1) is 13.4. The molecular weight excluding hydrogens is 396 g/mol. The molecule has 2 atom stereocenters. The van der Waals surface area contributed by atoms with Gasteiger partial charge in [-0.3, -0.25) is 10.7 Å². The number of hydrogen-bond donors (Lipinski definition) is 0. The Bertz CT molecular complexity index is 285. The van der Waals surface area contributed by atoms with E-state index in [0.29, 0.717) is 0 Å². The van der Waals surface area contributed by atoms with Crippen molar-refractivity contribution < 1.29 is 29.1 Å². The number of imide groups is 1. The molecule has 2 amide bonds. The molecule has 1 saturated heterocycles. The molecule has 2 rings (SSSR count). The zero-order chi connectivity index (χ0) is 10.3. The van der Waals surface area contributed by atoms with Crippen LogP contribution in [0.3, 0.4) is 0 Å². The van der Waals surface area contributed by atoms with Gasteiger partial charge in [0, 0.05) is 25.4 Å². The molecule has 0 aromatic rings. The minimum Gasteiger partial charge on any atom is -0.310 e. The molecule has 1 saturated carbocycles. The first-order chi connectivity index (χ1) is 6.63. The average molecular weight is 409 g/mol. The van der Waals surface area contributed by atoms with Gasteiger partial charge in [0.15, 0.2) is 0 Å². The SMILES string of the molecule is C[C-]1C(=O)N(I)C(=O)C2CCCCC12.[Rh]. The molecule has 87 valence electrons. The number of carbonyl (C=O) groups is 2. The zero-order valence-corrected chi connectivity index (χ0v) is 12.3. The largest absolute Gasteiger partial charge is 0.310 e. The van der Waals surface area contributed by atoms with E-state index in [-0.39, 0.29) is 43.1 Å². The monoisotopic (exact) mass is 409 g/mol.